The number of rotatable bonds is 3. The number of piperidine rings is 1. The Balaban J connectivity index is 1.61. The van der Waals surface area contributed by atoms with Crippen molar-refractivity contribution in [2.75, 3.05) is 6.54 Å². The molecule has 3 fully saturated rings. The van der Waals surface area contributed by atoms with Gasteiger partial charge in [-0.05, 0) is 37.2 Å². The predicted octanol–water partition coefficient (Wildman–Crippen LogP) is 4.45. The Morgan fingerprint density at radius 2 is 1.64 bits per heavy atom. The first-order chi connectivity index (χ1) is 12.2. The fourth-order valence-corrected chi connectivity index (χ4v) is 5.52. The highest BCUT2D eigenvalue weighted by Gasteiger charge is 2.53. The largest absolute Gasteiger partial charge is 0.282 e. The third-order valence-corrected chi connectivity index (χ3v) is 6.88. The zero-order chi connectivity index (χ0) is 17.3. The molecule has 3 nitrogen and oxygen atoms in total. The van der Waals surface area contributed by atoms with Gasteiger partial charge in [-0.1, -0.05) is 62.4 Å². The van der Waals surface area contributed by atoms with Crippen LogP contribution in [0.2, 0.25) is 0 Å². The molecule has 1 aromatic rings. The van der Waals surface area contributed by atoms with Crippen LogP contribution in [0.3, 0.4) is 0 Å². The maximum Gasteiger partial charge on any atom is 0.233 e. The van der Waals surface area contributed by atoms with E-state index in [0.717, 1.165) is 25.7 Å². The normalized spacial score (nSPS) is 31.0. The number of benzene rings is 1. The molecule has 2 saturated carbocycles. The number of amides is 2. The monoisotopic (exact) mass is 339 g/mol. The first-order valence-electron chi connectivity index (χ1n) is 10.1. The van der Waals surface area contributed by atoms with Gasteiger partial charge in [-0.2, -0.15) is 0 Å². The van der Waals surface area contributed by atoms with E-state index in [-0.39, 0.29) is 23.1 Å². The van der Waals surface area contributed by atoms with Crippen molar-refractivity contribution in [2.45, 2.75) is 69.6 Å². The number of likely N-dealkylation sites (tertiary alicyclic amines) is 1. The summed E-state index contributed by atoms with van der Waals surface area (Å²) in [5, 5.41) is 0. The lowest BCUT2D eigenvalue weighted by Gasteiger charge is -2.49. The molecular formula is C22H29NO2. The molecule has 1 aromatic carbocycles. The van der Waals surface area contributed by atoms with Crippen molar-refractivity contribution in [1.82, 2.24) is 4.90 Å². The highest BCUT2D eigenvalue weighted by molar-refractivity contribution is 6.01. The lowest BCUT2D eigenvalue weighted by Crippen LogP contribution is -2.58. The quantitative estimate of drug-likeness (QED) is 0.763. The predicted molar refractivity (Wildman–Crippen MR) is 98.0 cm³/mol. The third-order valence-electron chi connectivity index (χ3n) is 6.88. The van der Waals surface area contributed by atoms with Gasteiger partial charge in [0.2, 0.25) is 11.8 Å². The Morgan fingerprint density at radius 3 is 2.40 bits per heavy atom. The second-order valence-electron chi connectivity index (χ2n) is 8.34. The maximum atomic E-state index is 13.3. The van der Waals surface area contributed by atoms with Crippen molar-refractivity contribution >= 4 is 11.8 Å². The van der Waals surface area contributed by atoms with E-state index in [0.29, 0.717) is 18.9 Å². The molecule has 3 heteroatoms. The van der Waals surface area contributed by atoms with Crippen LogP contribution in [0.4, 0.5) is 0 Å². The minimum absolute atomic E-state index is 0.00931. The second kappa shape index (κ2) is 6.93. The molecular weight excluding hydrogens is 310 g/mol. The highest BCUT2D eigenvalue weighted by atomic mass is 16.2. The van der Waals surface area contributed by atoms with Crippen molar-refractivity contribution in [3.8, 4) is 0 Å². The van der Waals surface area contributed by atoms with E-state index in [4.69, 9.17) is 0 Å². The van der Waals surface area contributed by atoms with Crippen molar-refractivity contribution in [2.24, 2.45) is 11.8 Å². The summed E-state index contributed by atoms with van der Waals surface area (Å²) >= 11 is 0. The molecule has 25 heavy (non-hydrogen) atoms. The molecule has 1 aliphatic heterocycles. The van der Waals surface area contributed by atoms with E-state index < -0.39 is 0 Å². The van der Waals surface area contributed by atoms with Gasteiger partial charge in [0.05, 0.1) is 0 Å². The molecule has 1 saturated heterocycles. The first-order valence-corrected chi connectivity index (χ1v) is 10.1. The average Bonchev–Trinajstić information content (AvgIpc) is 2.67. The van der Waals surface area contributed by atoms with Crippen molar-refractivity contribution in [3.05, 3.63) is 35.9 Å². The fraction of sp³-hybridized carbons (Fsp3) is 0.636. The molecule has 0 spiro atoms. The van der Waals surface area contributed by atoms with Gasteiger partial charge in [0.15, 0.2) is 0 Å². The summed E-state index contributed by atoms with van der Waals surface area (Å²) in [5.41, 5.74) is 0.940. The summed E-state index contributed by atoms with van der Waals surface area (Å²) < 4.78 is 0. The lowest BCUT2D eigenvalue weighted by molar-refractivity contribution is -0.158. The van der Waals surface area contributed by atoms with Gasteiger partial charge in [-0.25, -0.2) is 0 Å². The van der Waals surface area contributed by atoms with Crippen molar-refractivity contribution < 1.29 is 9.59 Å². The van der Waals surface area contributed by atoms with Crippen LogP contribution >= 0.6 is 0 Å². The number of carbonyl (C=O) groups is 2. The molecule has 0 N–H and O–H groups in total. The van der Waals surface area contributed by atoms with E-state index in [1.54, 1.807) is 4.90 Å². The number of fused-ring (bicyclic) bond motifs is 1. The van der Waals surface area contributed by atoms with Crippen LogP contribution in [0, 0.1) is 11.8 Å². The molecule has 3 aliphatic rings. The second-order valence-corrected chi connectivity index (χ2v) is 8.34. The fourth-order valence-electron chi connectivity index (χ4n) is 5.52. The first kappa shape index (κ1) is 16.8. The highest BCUT2D eigenvalue weighted by Crippen LogP contribution is 2.50. The van der Waals surface area contributed by atoms with Crippen LogP contribution in [0.25, 0.3) is 0 Å². The topological polar surface area (TPSA) is 37.4 Å². The Morgan fingerprint density at radius 1 is 0.920 bits per heavy atom. The minimum Gasteiger partial charge on any atom is -0.282 e. The molecule has 0 radical (unpaired) electrons. The minimum atomic E-state index is -0.253. The Kier molecular flexibility index (Phi) is 4.66. The molecule has 4 rings (SSSR count). The molecule has 2 aliphatic carbocycles. The van der Waals surface area contributed by atoms with Gasteiger partial charge in [0, 0.05) is 24.3 Å². The number of hydrogen-bond donors (Lipinski definition) is 0. The molecule has 0 bridgehead atoms. The van der Waals surface area contributed by atoms with E-state index in [1.807, 2.05) is 18.2 Å². The number of imide groups is 1. The molecule has 0 unspecified atom stereocenters. The van der Waals surface area contributed by atoms with Crippen LogP contribution in [-0.4, -0.2) is 23.3 Å². The van der Waals surface area contributed by atoms with Crippen LogP contribution in [0.15, 0.2) is 30.3 Å². The van der Waals surface area contributed by atoms with Crippen molar-refractivity contribution in [3.63, 3.8) is 0 Å². The summed E-state index contributed by atoms with van der Waals surface area (Å²) in [6.07, 6.45) is 10.8. The van der Waals surface area contributed by atoms with E-state index in [2.05, 4.69) is 12.1 Å². The van der Waals surface area contributed by atoms with E-state index in [9.17, 15) is 9.59 Å². The van der Waals surface area contributed by atoms with Crippen LogP contribution in [-0.2, 0) is 15.0 Å². The SMILES string of the molecule is O=C1C[C@]2(c3ccccc3)CCCC[C@H]2C(=O)N1CC1CCCCC1. The Bertz CT molecular complexity index is 635. The van der Waals surface area contributed by atoms with Gasteiger partial charge in [0.1, 0.15) is 0 Å². The van der Waals surface area contributed by atoms with Gasteiger partial charge in [-0.3, -0.25) is 14.5 Å². The maximum absolute atomic E-state index is 13.3. The number of hydrogen-bond acceptors (Lipinski definition) is 2. The van der Waals surface area contributed by atoms with Gasteiger partial charge < -0.3 is 0 Å². The summed E-state index contributed by atoms with van der Waals surface area (Å²) in [4.78, 5) is 28.0. The zero-order valence-corrected chi connectivity index (χ0v) is 15.1. The van der Waals surface area contributed by atoms with Gasteiger partial charge >= 0.3 is 0 Å². The van der Waals surface area contributed by atoms with E-state index in [1.165, 1.54) is 37.7 Å². The Hall–Kier alpha value is -1.64. The third kappa shape index (κ3) is 3.02. The molecule has 134 valence electrons. The summed E-state index contributed by atoms with van der Waals surface area (Å²) in [7, 11) is 0. The summed E-state index contributed by atoms with van der Waals surface area (Å²) in [6.45, 7) is 0.666. The van der Waals surface area contributed by atoms with Crippen LogP contribution < -0.4 is 0 Å². The Labute approximate surface area is 150 Å². The van der Waals surface area contributed by atoms with Gasteiger partial charge in [-0.15, -0.1) is 0 Å². The number of carbonyl (C=O) groups excluding carboxylic acids is 2. The number of nitrogens with zero attached hydrogens (tertiary/aromatic N) is 1. The van der Waals surface area contributed by atoms with Crippen LogP contribution in [0.5, 0.6) is 0 Å². The summed E-state index contributed by atoms with van der Waals surface area (Å²) in [6, 6.07) is 10.3. The van der Waals surface area contributed by atoms with Crippen molar-refractivity contribution in [1.29, 1.82) is 0 Å². The standard InChI is InChI=1S/C22H29NO2/c24-20-15-22(18-11-5-2-6-12-18)14-8-7-13-19(22)21(25)23(20)16-17-9-3-1-4-10-17/h2,5-6,11-12,17,19H,1,3-4,7-10,13-16H2/t19-,22-/m0/s1. The molecule has 2 atom stereocenters. The molecule has 1 heterocycles. The smallest absolute Gasteiger partial charge is 0.233 e. The average molecular weight is 339 g/mol. The van der Waals surface area contributed by atoms with Crippen LogP contribution in [0.1, 0.15) is 69.8 Å². The zero-order valence-electron chi connectivity index (χ0n) is 15.1. The molecule has 0 aromatic heterocycles. The molecule has 2 amide bonds. The summed E-state index contributed by atoms with van der Waals surface area (Å²) in [5.74, 6) is 0.697. The van der Waals surface area contributed by atoms with E-state index >= 15 is 0 Å². The van der Waals surface area contributed by atoms with Gasteiger partial charge in [0.25, 0.3) is 0 Å². The lowest BCUT2D eigenvalue weighted by atomic mass is 9.58.